The van der Waals surface area contributed by atoms with E-state index in [1.165, 1.54) is 5.57 Å². The average Bonchev–Trinajstić information content (AvgIpc) is 2.79. The van der Waals surface area contributed by atoms with Gasteiger partial charge in [0.2, 0.25) is 0 Å². The second kappa shape index (κ2) is 5.34. The van der Waals surface area contributed by atoms with Gasteiger partial charge in [-0.3, -0.25) is 4.84 Å². The molecule has 3 aliphatic heterocycles. The van der Waals surface area contributed by atoms with Crippen LogP contribution in [-0.4, -0.2) is 40.3 Å². The van der Waals surface area contributed by atoms with Crippen molar-refractivity contribution in [1.82, 2.24) is 10.4 Å². The van der Waals surface area contributed by atoms with Crippen LogP contribution in [-0.2, 0) is 9.57 Å². The van der Waals surface area contributed by atoms with E-state index in [4.69, 9.17) is 9.57 Å². The van der Waals surface area contributed by atoms with Gasteiger partial charge in [0.15, 0.2) is 5.84 Å². The highest BCUT2D eigenvalue weighted by Crippen LogP contribution is 2.32. The molecular formula is C12H18IN3O2. The summed E-state index contributed by atoms with van der Waals surface area (Å²) in [5.74, 6) is 0.883. The SMILES string of the molecule is CC[C@H]1O[C@@H](N2C=C3CCONC3=NC2)CC1I. The molecule has 3 rings (SSSR count). The van der Waals surface area contributed by atoms with Crippen molar-refractivity contribution in [3.63, 3.8) is 0 Å². The van der Waals surface area contributed by atoms with Crippen LogP contribution < -0.4 is 5.48 Å². The van der Waals surface area contributed by atoms with Crippen LogP contribution in [0.5, 0.6) is 0 Å². The van der Waals surface area contributed by atoms with Crippen molar-refractivity contribution in [2.75, 3.05) is 13.3 Å². The lowest BCUT2D eigenvalue weighted by atomic mass is 10.1. The summed E-state index contributed by atoms with van der Waals surface area (Å²) in [4.78, 5) is 11.9. The molecule has 1 unspecified atom stereocenters. The zero-order chi connectivity index (χ0) is 12.5. The Bertz CT molecular complexity index is 386. The van der Waals surface area contributed by atoms with Crippen LogP contribution in [0.15, 0.2) is 16.8 Å². The number of amidine groups is 1. The van der Waals surface area contributed by atoms with E-state index in [0.29, 0.717) is 23.3 Å². The van der Waals surface area contributed by atoms with E-state index in [0.717, 1.165) is 25.1 Å². The van der Waals surface area contributed by atoms with E-state index < -0.39 is 0 Å². The monoisotopic (exact) mass is 363 g/mol. The minimum absolute atomic E-state index is 0.178. The number of rotatable bonds is 2. The average molecular weight is 363 g/mol. The summed E-state index contributed by atoms with van der Waals surface area (Å²) in [5, 5.41) is 0. The molecule has 6 heteroatoms. The van der Waals surface area contributed by atoms with Crippen LogP contribution in [0.25, 0.3) is 0 Å². The Morgan fingerprint density at radius 1 is 1.61 bits per heavy atom. The minimum atomic E-state index is 0.178. The van der Waals surface area contributed by atoms with E-state index in [9.17, 15) is 0 Å². The van der Waals surface area contributed by atoms with E-state index >= 15 is 0 Å². The summed E-state index contributed by atoms with van der Waals surface area (Å²) in [6.45, 7) is 3.54. The van der Waals surface area contributed by atoms with Gasteiger partial charge in [-0.15, -0.1) is 0 Å². The third-order valence-corrected chi connectivity index (χ3v) is 4.91. The first-order valence-electron chi connectivity index (χ1n) is 6.46. The van der Waals surface area contributed by atoms with Crippen molar-refractivity contribution >= 4 is 28.4 Å². The number of halogens is 1. The Morgan fingerprint density at radius 2 is 2.50 bits per heavy atom. The number of aliphatic imine (C=N–C) groups is 1. The van der Waals surface area contributed by atoms with Crippen LogP contribution in [0, 0.1) is 0 Å². The Balaban J connectivity index is 1.68. The van der Waals surface area contributed by atoms with Gasteiger partial charge in [0.25, 0.3) is 0 Å². The lowest BCUT2D eigenvalue weighted by molar-refractivity contribution is -0.0338. The van der Waals surface area contributed by atoms with Crippen molar-refractivity contribution in [3.05, 3.63) is 11.8 Å². The zero-order valence-corrected chi connectivity index (χ0v) is 12.6. The summed E-state index contributed by atoms with van der Waals surface area (Å²) in [7, 11) is 0. The van der Waals surface area contributed by atoms with Crippen LogP contribution in [0.3, 0.4) is 0 Å². The third-order valence-electron chi connectivity index (χ3n) is 3.59. The molecule has 0 saturated carbocycles. The van der Waals surface area contributed by atoms with Gasteiger partial charge in [0, 0.05) is 28.5 Å². The second-order valence-electron chi connectivity index (χ2n) is 4.81. The van der Waals surface area contributed by atoms with Crippen molar-refractivity contribution in [2.45, 2.75) is 42.4 Å². The molecular weight excluding hydrogens is 345 g/mol. The summed E-state index contributed by atoms with van der Waals surface area (Å²) in [6.07, 6.45) is 5.82. The molecule has 0 radical (unpaired) electrons. The molecule has 0 amide bonds. The van der Waals surface area contributed by atoms with Crippen LogP contribution in [0.4, 0.5) is 0 Å². The van der Waals surface area contributed by atoms with Gasteiger partial charge in [-0.05, 0) is 6.42 Å². The summed E-state index contributed by atoms with van der Waals surface area (Å²) in [6, 6.07) is 0. The van der Waals surface area contributed by atoms with Gasteiger partial charge < -0.3 is 9.64 Å². The number of hydrogen-bond donors (Lipinski definition) is 1. The van der Waals surface area contributed by atoms with Gasteiger partial charge >= 0.3 is 0 Å². The molecule has 0 aromatic rings. The van der Waals surface area contributed by atoms with Crippen molar-refractivity contribution in [1.29, 1.82) is 0 Å². The highest BCUT2D eigenvalue weighted by Gasteiger charge is 2.36. The fourth-order valence-electron chi connectivity index (χ4n) is 2.54. The molecule has 0 spiro atoms. The molecule has 5 nitrogen and oxygen atoms in total. The number of ether oxygens (including phenoxy) is 1. The predicted octanol–water partition coefficient (Wildman–Crippen LogP) is 1.80. The highest BCUT2D eigenvalue weighted by atomic mass is 127. The molecule has 2 saturated heterocycles. The lowest BCUT2D eigenvalue weighted by Crippen LogP contribution is -2.40. The van der Waals surface area contributed by atoms with Crippen molar-refractivity contribution in [2.24, 2.45) is 4.99 Å². The van der Waals surface area contributed by atoms with E-state index in [1.54, 1.807) is 0 Å². The molecule has 18 heavy (non-hydrogen) atoms. The fraction of sp³-hybridized carbons (Fsp3) is 0.750. The van der Waals surface area contributed by atoms with Crippen molar-refractivity contribution < 1.29 is 9.57 Å². The molecule has 100 valence electrons. The van der Waals surface area contributed by atoms with Crippen LogP contribution in [0.2, 0.25) is 0 Å². The quantitative estimate of drug-likeness (QED) is 0.600. The Labute approximate surface area is 121 Å². The summed E-state index contributed by atoms with van der Waals surface area (Å²) >= 11 is 2.50. The first-order valence-corrected chi connectivity index (χ1v) is 7.71. The Morgan fingerprint density at radius 3 is 3.28 bits per heavy atom. The van der Waals surface area contributed by atoms with Crippen LogP contribution in [0.1, 0.15) is 26.2 Å². The molecule has 2 fully saturated rings. The smallest absolute Gasteiger partial charge is 0.151 e. The van der Waals surface area contributed by atoms with Gasteiger partial charge in [0.1, 0.15) is 12.9 Å². The molecule has 1 N–H and O–H groups in total. The maximum absolute atomic E-state index is 6.09. The molecule has 3 aliphatic rings. The molecule has 0 aromatic carbocycles. The Hall–Kier alpha value is -0.340. The highest BCUT2D eigenvalue weighted by molar-refractivity contribution is 14.1. The molecule has 0 bridgehead atoms. The number of alkyl halides is 1. The van der Waals surface area contributed by atoms with E-state index in [2.05, 4.69) is 51.1 Å². The topological polar surface area (TPSA) is 46.1 Å². The largest absolute Gasteiger partial charge is 0.354 e. The number of hydrogen-bond acceptors (Lipinski definition) is 5. The van der Waals surface area contributed by atoms with Crippen molar-refractivity contribution in [3.8, 4) is 0 Å². The first kappa shape index (κ1) is 12.7. The lowest BCUT2D eigenvalue weighted by Gasteiger charge is -2.32. The normalized spacial score (nSPS) is 35.7. The maximum Gasteiger partial charge on any atom is 0.151 e. The van der Waals surface area contributed by atoms with Gasteiger partial charge in [-0.2, -0.15) is 0 Å². The third kappa shape index (κ3) is 2.37. The second-order valence-corrected chi connectivity index (χ2v) is 6.41. The standard InChI is InChI=1S/C12H18IN3O2/c1-2-10-9(13)5-11(18-10)16-6-8-3-4-17-15-12(8)14-7-16/h6,9-11H,2-5,7H2,1H3,(H,14,15)/t9?,10-,11-/m1/s1. The summed E-state index contributed by atoms with van der Waals surface area (Å²) < 4.78 is 6.70. The molecule has 3 heterocycles. The van der Waals surface area contributed by atoms with E-state index in [-0.39, 0.29) is 6.23 Å². The number of fused-ring (bicyclic) bond motifs is 1. The fourth-order valence-corrected chi connectivity index (χ4v) is 3.66. The van der Waals surface area contributed by atoms with Gasteiger partial charge in [0.05, 0.1) is 12.7 Å². The predicted molar refractivity (Wildman–Crippen MR) is 77.3 cm³/mol. The number of nitrogens with one attached hydrogen (secondary N) is 1. The minimum Gasteiger partial charge on any atom is -0.354 e. The number of nitrogens with zero attached hydrogens (tertiary/aromatic N) is 2. The molecule has 0 aromatic heterocycles. The van der Waals surface area contributed by atoms with Crippen LogP contribution >= 0.6 is 22.6 Å². The van der Waals surface area contributed by atoms with Gasteiger partial charge in [-0.1, -0.05) is 29.5 Å². The molecule has 0 aliphatic carbocycles. The van der Waals surface area contributed by atoms with E-state index in [1.807, 2.05) is 0 Å². The summed E-state index contributed by atoms with van der Waals surface area (Å²) in [5.41, 5.74) is 4.10. The zero-order valence-electron chi connectivity index (χ0n) is 10.4. The Kier molecular flexibility index (Phi) is 3.76. The molecule has 3 atom stereocenters. The maximum atomic E-state index is 6.09. The first-order chi connectivity index (χ1) is 8.78. The van der Waals surface area contributed by atoms with Gasteiger partial charge in [-0.25, -0.2) is 10.5 Å². The number of hydroxylamine groups is 1.